The summed E-state index contributed by atoms with van der Waals surface area (Å²) in [6.45, 7) is 7.15. The highest BCUT2D eigenvalue weighted by Crippen LogP contribution is 2.29. The van der Waals surface area contributed by atoms with Gasteiger partial charge >= 0.3 is 0 Å². The molecule has 5 rings (SSSR count). The number of hydrogen-bond acceptors (Lipinski definition) is 5. The average Bonchev–Trinajstić information content (AvgIpc) is 3.32. The molecule has 1 aromatic carbocycles. The van der Waals surface area contributed by atoms with Gasteiger partial charge in [0.1, 0.15) is 5.69 Å². The van der Waals surface area contributed by atoms with Gasteiger partial charge in [-0.15, -0.1) is 0 Å². The maximum atomic E-state index is 12.5. The number of hydrogen-bond donors (Lipinski definition) is 2. The predicted octanol–water partition coefficient (Wildman–Crippen LogP) is 4.07. The molecule has 0 unspecified atom stereocenters. The van der Waals surface area contributed by atoms with Gasteiger partial charge in [-0.05, 0) is 55.5 Å². The summed E-state index contributed by atoms with van der Waals surface area (Å²) in [7, 11) is 1.91. The maximum Gasteiger partial charge on any atom is 0.251 e. The van der Waals surface area contributed by atoms with Crippen LogP contribution < -0.4 is 10.6 Å². The lowest BCUT2D eigenvalue weighted by atomic mass is 10.0. The summed E-state index contributed by atoms with van der Waals surface area (Å²) in [5, 5.41) is 15.8. The highest BCUT2D eigenvalue weighted by Gasteiger charge is 2.24. The van der Waals surface area contributed by atoms with Crippen LogP contribution in [0.25, 0.3) is 28.3 Å². The molecule has 0 atom stereocenters. The van der Waals surface area contributed by atoms with Gasteiger partial charge in [0.15, 0.2) is 5.65 Å². The average molecular weight is 444 g/mol. The number of nitrogens with zero attached hydrogens (tertiary/aromatic N) is 5. The van der Waals surface area contributed by atoms with Crippen molar-refractivity contribution >= 4 is 17.2 Å². The van der Waals surface area contributed by atoms with Crippen LogP contribution in [0.15, 0.2) is 42.7 Å². The first-order valence-electron chi connectivity index (χ1n) is 11.4. The Hall–Kier alpha value is -3.68. The third-order valence-electron chi connectivity index (χ3n) is 5.93. The van der Waals surface area contributed by atoms with Gasteiger partial charge in [-0.1, -0.05) is 19.9 Å². The van der Waals surface area contributed by atoms with E-state index >= 15 is 0 Å². The molecule has 8 heteroatoms. The molecule has 1 amide bonds. The molecule has 170 valence electrons. The van der Waals surface area contributed by atoms with E-state index < -0.39 is 0 Å². The highest BCUT2D eigenvalue weighted by atomic mass is 16.1. The number of amides is 1. The molecule has 3 aromatic heterocycles. The van der Waals surface area contributed by atoms with Crippen molar-refractivity contribution in [1.82, 2.24) is 29.7 Å². The third-order valence-corrected chi connectivity index (χ3v) is 5.93. The van der Waals surface area contributed by atoms with Crippen LogP contribution in [-0.4, -0.2) is 42.9 Å². The van der Waals surface area contributed by atoms with E-state index in [0.717, 1.165) is 58.9 Å². The van der Waals surface area contributed by atoms with E-state index in [9.17, 15) is 4.79 Å². The second-order valence-corrected chi connectivity index (χ2v) is 9.21. The Balaban J connectivity index is 1.58. The first-order chi connectivity index (χ1) is 15.9. The van der Waals surface area contributed by atoms with Gasteiger partial charge in [0.05, 0.1) is 23.3 Å². The molecule has 2 N–H and O–H groups in total. The normalized spacial score (nSPS) is 13.6. The summed E-state index contributed by atoms with van der Waals surface area (Å²) in [4.78, 5) is 17.2. The quantitative estimate of drug-likeness (QED) is 0.450. The fourth-order valence-corrected chi connectivity index (χ4v) is 3.93. The fraction of sp³-hybridized carbons (Fsp3) is 0.360. The number of rotatable bonds is 7. The topological polar surface area (TPSA) is 89.1 Å². The largest absolute Gasteiger partial charge is 0.382 e. The third kappa shape index (κ3) is 4.20. The first-order valence-corrected chi connectivity index (χ1v) is 11.4. The van der Waals surface area contributed by atoms with Gasteiger partial charge in [0.25, 0.3) is 5.91 Å². The summed E-state index contributed by atoms with van der Waals surface area (Å²) in [5.74, 6) is 0.487. The van der Waals surface area contributed by atoms with E-state index in [1.54, 1.807) is 6.20 Å². The molecule has 0 radical (unpaired) electrons. The molecule has 8 nitrogen and oxygen atoms in total. The van der Waals surface area contributed by atoms with E-state index in [4.69, 9.17) is 5.10 Å². The monoisotopic (exact) mass is 443 g/mol. The Morgan fingerprint density at radius 3 is 2.67 bits per heavy atom. The Labute approximate surface area is 193 Å². The Morgan fingerprint density at radius 2 is 2.00 bits per heavy atom. The van der Waals surface area contributed by atoms with Gasteiger partial charge in [0.2, 0.25) is 0 Å². The molecule has 1 saturated carbocycles. The summed E-state index contributed by atoms with van der Waals surface area (Å²) >= 11 is 0. The molecule has 0 bridgehead atoms. The van der Waals surface area contributed by atoms with Gasteiger partial charge in [-0.3, -0.25) is 9.48 Å². The number of fused-ring (bicyclic) bond motifs is 1. The number of imidazole rings is 1. The molecule has 1 fully saturated rings. The Bertz CT molecular complexity index is 1330. The number of benzene rings is 1. The zero-order chi connectivity index (χ0) is 23.1. The van der Waals surface area contributed by atoms with Crippen molar-refractivity contribution in [3.8, 4) is 22.6 Å². The zero-order valence-electron chi connectivity index (χ0n) is 19.5. The van der Waals surface area contributed by atoms with E-state index in [-0.39, 0.29) is 5.91 Å². The standard InChI is InChI=1S/C25H29N7O/c1-15(2)13-26-21-12-20(22-9-10-28-31(22)4)30-32-23(14-27-24(21)32)17-5-8-19(16(3)11-17)25(33)29-18-6-7-18/h5,8-12,14-15,18,26H,6-7,13H2,1-4H3,(H,29,33). The molecule has 4 aromatic rings. The smallest absolute Gasteiger partial charge is 0.251 e. The second-order valence-electron chi connectivity index (χ2n) is 9.21. The molecule has 0 aliphatic heterocycles. The maximum absolute atomic E-state index is 12.5. The minimum absolute atomic E-state index is 0.00326. The molecular formula is C25H29N7O. The van der Waals surface area contributed by atoms with Crippen molar-refractivity contribution in [1.29, 1.82) is 0 Å². The van der Waals surface area contributed by atoms with Gasteiger partial charge < -0.3 is 10.6 Å². The lowest BCUT2D eigenvalue weighted by Gasteiger charge is -2.13. The van der Waals surface area contributed by atoms with Crippen molar-refractivity contribution < 1.29 is 4.79 Å². The van der Waals surface area contributed by atoms with Crippen LogP contribution in [-0.2, 0) is 7.05 Å². The Kier molecular flexibility index (Phi) is 5.36. The van der Waals surface area contributed by atoms with Crippen LogP contribution in [0.1, 0.15) is 42.6 Å². The van der Waals surface area contributed by atoms with Gasteiger partial charge in [0, 0.05) is 37.0 Å². The molecule has 33 heavy (non-hydrogen) atoms. The van der Waals surface area contributed by atoms with Gasteiger partial charge in [-0.25, -0.2) is 9.50 Å². The van der Waals surface area contributed by atoms with E-state index in [0.29, 0.717) is 17.5 Å². The van der Waals surface area contributed by atoms with Crippen molar-refractivity contribution in [3.63, 3.8) is 0 Å². The number of carbonyl (C=O) groups is 1. The lowest BCUT2D eigenvalue weighted by molar-refractivity contribution is 0.0950. The van der Waals surface area contributed by atoms with Crippen LogP contribution in [0.3, 0.4) is 0 Å². The number of aryl methyl sites for hydroxylation is 2. The SMILES string of the molecule is Cc1cc(-c2cnc3c(NCC(C)C)cc(-c4ccnn4C)nn23)ccc1C(=O)NC1CC1. The van der Waals surface area contributed by atoms with Crippen LogP contribution in [0.2, 0.25) is 0 Å². The van der Waals surface area contributed by atoms with E-state index in [1.807, 2.05) is 59.7 Å². The summed E-state index contributed by atoms with van der Waals surface area (Å²) < 4.78 is 3.69. The number of aromatic nitrogens is 5. The second kappa shape index (κ2) is 8.35. The van der Waals surface area contributed by atoms with E-state index in [1.165, 1.54) is 0 Å². The molecular weight excluding hydrogens is 414 g/mol. The molecule has 1 aliphatic rings. The van der Waals surface area contributed by atoms with Crippen molar-refractivity contribution in [3.05, 3.63) is 53.9 Å². The Morgan fingerprint density at radius 1 is 1.18 bits per heavy atom. The highest BCUT2D eigenvalue weighted by molar-refractivity contribution is 5.96. The number of carbonyl (C=O) groups excluding carboxylic acids is 1. The summed E-state index contributed by atoms with van der Waals surface area (Å²) in [5.41, 5.74) is 6.91. The fourth-order valence-electron chi connectivity index (χ4n) is 3.93. The van der Waals surface area contributed by atoms with Gasteiger partial charge in [-0.2, -0.15) is 10.2 Å². The lowest BCUT2D eigenvalue weighted by Crippen LogP contribution is -2.26. The minimum Gasteiger partial charge on any atom is -0.382 e. The molecule has 1 aliphatic carbocycles. The number of anilines is 1. The van der Waals surface area contributed by atoms with Crippen LogP contribution in [0, 0.1) is 12.8 Å². The van der Waals surface area contributed by atoms with Crippen LogP contribution >= 0.6 is 0 Å². The summed E-state index contributed by atoms with van der Waals surface area (Å²) in [6, 6.07) is 10.2. The van der Waals surface area contributed by atoms with Crippen molar-refractivity contribution in [2.75, 3.05) is 11.9 Å². The number of nitrogens with one attached hydrogen (secondary N) is 2. The van der Waals surface area contributed by atoms with Crippen molar-refractivity contribution in [2.24, 2.45) is 13.0 Å². The zero-order valence-corrected chi connectivity index (χ0v) is 19.5. The van der Waals surface area contributed by atoms with Crippen LogP contribution in [0.5, 0.6) is 0 Å². The predicted molar refractivity (Wildman–Crippen MR) is 129 cm³/mol. The van der Waals surface area contributed by atoms with Crippen LogP contribution in [0.4, 0.5) is 5.69 Å². The molecule has 0 saturated heterocycles. The summed E-state index contributed by atoms with van der Waals surface area (Å²) in [6.07, 6.45) is 5.76. The van der Waals surface area contributed by atoms with E-state index in [2.05, 4.69) is 34.6 Å². The first kappa shape index (κ1) is 21.2. The molecule has 3 heterocycles. The van der Waals surface area contributed by atoms with Crippen molar-refractivity contribution in [2.45, 2.75) is 39.7 Å². The minimum atomic E-state index is -0.00326. The molecule has 0 spiro atoms.